The molecular weight excluding hydrogens is 396 g/mol. The molecule has 0 bridgehead atoms. The maximum Gasteiger partial charge on any atom is 0.239 e. The van der Waals surface area contributed by atoms with Crippen molar-refractivity contribution >= 4 is 39.2 Å². The largest absolute Gasteiger partial charge is 0.353 e. The van der Waals surface area contributed by atoms with Gasteiger partial charge in [0.1, 0.15) is 5.82 Å². The Morgan fingerprint density at radius 2 is 2.04 bits per heavy atom. The molecule has 1 saturated heterocycles. The first-order valence-electron chi connectivity index (χ1n) is 8.64. The Morgan fingerprint density at radius 3 is 2.73 bits per heavy atom. The first kappa shape index (κ1) is 17.0. The number of amides is 2. The van der Waals surface area contributed by atoms with Crippen molar-refractivity contribution in [3.05, 3.63) is 52.6 Å². The summed E-state index contributed by atoms with van der Waals surface area (Å²) in [7, 11) is 0. The molecule has 26 heavy (non-hydrogen) atoms. The summed E-state index contributed by atoms with van der Waals surface area (Å²) in [5.41, 5.74) is 1.88. The summed E-state index contributed by atoms with van der Waals surface area (Å²) in [6.45, 7) is 1.68. The number of nitrogens with zero attached hydrogens (tertiary/aromatic N) is 2. The van der Waals surface area contributed by atoms with Crippen LogP contribution in [0.3, 0.4) is 0 Å². The molecule has 1 aliphatic carbocycles. The van der Waals surface area contributed by atoms with Crippen LogP contribution in [0, 0.1) is 5.92 Å². The summed E-state index contributed by atoms with van der Waals surface area (Å²) in [5, 5.41) is 5.74. The van der Waals surface area contributed by atoms with Crippen molar-refractivity contribution in [3.8, 4) is 0 Å². The van der Waals surface area contributed by atoms with Gasteiger partial charge >= 0.3 is 0 Å². The Bertz CT molecular complexity index is 822. The van der Waals surface area contributed by atoms with Crippen molar-refractivity contribution in [1.82, 2.24) is 10.3 Å². The van der Waals surface area contributed by atoms with E-state index in [2.05, 4.69) is 43.7 Å². The van der Waals surface area contributed by atoms with E-state index in [1.807, 2.05) is 29.2 Å². The highest BCUT2D eigenvalue weighted by Gasteiger charge is 2.43. The molecule has 2 amide bonds. The van der Waals surface area contributed by atoms with Crippen LogP contribution in [0.15, 0.2) is 47.1 Å². The fourth-order valence-electron chi connectivity index (χ4n) is 3.28. The van der Waals surface area contributed by atoms with E-state index in [0.717, 1.165) is 23.3 Å². The highest BCUT2D eigenvalue weighted by Crippen LogP contribution is 2.48. The Hall–Kier alpha value is -2.41. The number of pyridine rings is 1. The molecule has 1 aliphatic heterocycles. The number of aromatic nitrogens is 1. The number of piperazine rings is 1. The van der Waals surface area contributed by atoms with Crippen LogP contribution < -0.4 is 15.5 Å². The number of anilines is 2. The van der Waals surface area contributed by atoms with Crippen LogP contribution in [0.25, 0.3) is 0 Å². The van der Waals surface area contributed by atoms with E-state index in [1.54, 1.807) is 6.20 Å². The van der Waals surface area contributed by atoms with Gasteiger partial charge in [-0.1, -0.05) is 28.1 Å². The zero-order chi connectivity index (χ0) is 18.1. The number of benzene rings is 1. The van der Waals surface area contributed by atoms with E-state index >= 15 is 0 Å². The zero-order valence-corrected chi connectivity index (χ0v) is 15.7. The molecule has 2 aromatic rings. The Kier molecular flexibility index (Phi) is 4.63. The van der Waals surface area contributed by atoms with E-state index < -0.39 is 0 Å². The minimum absolute atomic E-state index is 0.00291. The highest BCUT2D eigenvalue weighted by molar-refractivity contribution is 9.10. The Morgan fingerprint density at radius 1 is 1.23 bits per heavy atom. The molecule has 2 atom stereocenters. The molecule has 2 aliphatic rings. The van der Waals surface area contributed by atoms with Gasteiger partial charge in [-0.3, -0.25) is 9.59 Å². The number of hydrogen-bond donors (Lipinski definition) is 2. The van der Waals surface area contributed by atoms with Gasteiger partial charge in [0, 0.05) is 23.5 Å². The quantitative estimate of drug-likeness (QED) is 0.805. The van der Waals surface area contributed by atoms with Gasteiger partial charge < -0.3 is 15.5 Å². The predicted octanol–water partition coefficient (Wildman–Crippen LogP) is 2.52. The zero-order valence-electron chi connectivity index (χ0n) is 14.1. The molecule has 1 aromatic heterocycles. The normalized spacial score (nSPS) is 21.9. The van der Waals surface area contributed by atoms with Crippen LogP contribution in [0.2, 0.25) is 0 Å². The summed E-state index contributed by atoms with van der Waals surface area (Å²) in [4.78, 5) is 30.2. The van der Waals surface area contributed by atoms with Crippen molar-refractivity contribution in [1.29, 1.82) is 0 Å². The number of hydrogen-bond acceptors (Lipinski definition) is 4. The molecular formula is C19H19BrN4O2. The molecule has 1 aromatic carbocycles. The molecule has 2 N–H and O–H groups in total. The third kappa shape index (κ3) is 3.72. The van der Waals surface area contributed by atoms with Crippen molar-refractivity contribution < 1.29 is 9.59 Å². The van der Waals surface area contributed by atoms with Crippen LogP contribution in [0.5, 0.6) is 0 Å². The molecule has 0 radical (unpaired) electrons. The number of halogens is 1. The van der Waals surface area contributed by atoms with Crippen LogP contribution in [0.1, 0.15) is 17.9 Å². The highest BCUT2D eigenvalue weighted by atomic mass is 79.9. The average molecular weight is 415 g/mol. The SMILES string of the molecule is O=C1CN(c2ccc(NC(=O)C3CC3c3ccc(Br)cc3)cn2)CCN1. The van der Waals surface area contributed by atoms with Gasteiger partial charge in [0.25, 0.3) is 0 Å². The second kappa shape index (κ2) is 7.07. The molecule has 2 fully saturated rings. The van der Waals surface area contributed by atoms with Gasteiger partial charge in [-0.05, 0) is 42.2 Å². The van der Waals surface area contributed by atoms with E-state index in [0.29, 0.717) is 24.7 Å². The lowest BCUT2D eigenvalue weighted by Gasteiger charge is -2.27. The third-order valence-corrected chi connectivity index (χ3v) is 5.33. The van der Waals surface area contributed by atoms with Crippen molar-refractivity contribution in [3.63, 3.8) is 0 Å². The van der Waals surface area contributed by atoms with E-state index in [-0.39, 0.29) is 17.7 Å². The van der Waals surface area contributed by atoms with Gasteiger partial charge in [-0.25, -0.2) is 4.98 Å². The van der Waals surface area contributed by atoms with Gasteiger partial charge in [-0.2, -0.15) is 0 Å². The van der Waals surface area contributed by atoms with E-state index in [9.17, 15) is 9.59 Å². The summed E-state index contributed by atoms with van der Waals surface area (Å²) in [6.07, 6.45) is 2.53. The topological polar surface area (TPSA) is 74.3 Å². The van der Waals surface area contributed by atoms with E-state index in [1.165, 1.54) is 5.56 Å². The Labute approximate surface area is 160 Å². The minimum atomic E-state index is 0.00291. The second-order valence-corrected chi connectivity index (χ2v) is 7.58. The van der Waals surface area contributed by atoms with Crippen molar-refractivity contribution in [2.75, 3.05) is 29.9 Å². The summed E-state index contributed by atoms with van der Waals surface area (Å²) in [6, 6.07) is 11.8. The molecule has 2 unspecified atom stereocenters. The Balaban J connectivity index is 1.35. The van der Waals surface area contributed by atoms with Crippen molar-refractivity contribution in [2.24, 2.45) is 5.92 Å². The molecule has 1 saturated carbocycles. The van der Waals surface area contributed by atoms with Crippen LogP contribution >= 0.6 is 15.9 Å². The van der Waals surface area contributed by atoms with E-state index in [4.69, 9.17) is 0 Å². The smallest absolute Gasteiger partial charge is 0.239 e. The number of carbonyl (C=O) groups excluding carboxylic acids is 2. The van der Waals surface area contributed by atoms with Gasteiger partial charge in [0.15, 0.2) is 0 Å². The molecule has 4 rings (SSSR count). The summed E-state index contributed by atoms with van der Waals surface area (Å²) < 4.78 is 1.04. The van der Waals surface area contributed by atoms with Crippen molar-refractivity contribution in [2.45, 2.75) is 12.3 Å². The lowest BCUT2D eigenvalue weighted by Crippen LogP contribution is -2.48. The summed E-state index contributed by atoms with van der Waals surface area (Å²) in [5.74, 6) is 1.09. The summed E-state index contributed by atoms with van der Waals surface area (Å²) >= 11 is 3.43. The lowest BCUT2D eigenvalue weighted by molar-refractivity contribution is -0.120. The number of carbonyl (C=O) groups is 2. The first-order chi connectivity index (χ1) is 12.6. The molecule has 134 valence electrons. The lowest BCUT2D eigenvalue weighted by atomic mass is 10.1. The predicted molar refractivity (Wildman–Crippen MR) is 103 cm³/mol. The fraction of sp³-hybridized carbons (Fsp3) is 0.316. The first-order valence-corrected chi connectivity index (χ1v) is 9.43. The number of nitrogens with one attached hydrogen (secondary N) is 2. The fourth-order valence-corrected chi connectivity index (χ4v) is 3.54. The van der Waals surface area contributed by atoms with Crippen LogP contribution in [0.4, 0.5) is 11.5 Å². The average Bonchev–Trinajstić information content (AvgIpc) is 3.44. The van der Waals surface area contributed by atoms with Gasteiger partial charge in [-0.15, -0.1) is 0 Å². The van der Waals surface area contributed by atoms with Gasteiger partial charge in [0.05, 0.1) is 18.4 Å². The molecule has 2 heterocycles. The van der Waals surface area contributed by atoms with Gasteiger partial charge in [0.2, 0.25) is 11.8 Å². The molecule has 6 nitrogen and oxygen atoms in total. The van der Waals surface area contributed by atoms with Crippen LogP contribution in [-0.2, 0) is 9.59 Å². The monoisotopic (exact) mass is 414 g/mol. The maximum atomic E-state index is 12.4. The third-order valence-electron chi connectivity index (χ3n) is 4.80. The number of rotatable bonds is 4. The molecule has 0 spiro atoms. The minimum Gasteiger partial charge on any atom is -0.353 e. The maximum absolute atomic E-state index is 12.4. The van der Waals surface area contributed by atoms with Crippen LogP contribution in [-0.4, -0.2) is 36.4 Å². The standard InChI is InChI=1S/C19H19BrN4O2/c20-13-3-1-12(2-4-13)15-9-16(15)19(26)23-14-5-6-17(22-10-14)24-8-7-21-18(25)11-24/h1-6,10,15-16H,7-9,11H2,(H,21,25)(H,23,26). The second-order valence-electron chi connectivity index (χ2n) is 6.67. The molecule has 7 heteroatoms.